The first-order valence-corrected chi connectivity index (χ1v) is 8.91. The number of hydrogen-bond donors (Lipinski definition) is 1. The van der Waals surface area contributed by atoms with Crippen molar-refractivity contribution in [2.45, 2.75) is 19.8 Å². The molecule has 1 N–H and O–H groups in total. The first kappa shape index (κ1) is 20.7. The van der Waals surface area contributed by atoms with Crippen molar-refractivity contribution in [2.75, 3.05) is 19.0 Å². The number of amides is 1. The highest BCUT2D eigenvalue weighted by Gasteiger charge is 2.11. The first-order chi connectivity index (χ1) is 13.6. The average Bonchev–Trinajstić information content (AvgIpc) is 2.73. The Morgan fingerprint density at radius 2 is 1.79 bits per heavy atom. The predicted octanol–water partition coefficient (Wildman–Crippen LogP) is 4.20. The summed E-state index contributed by atoms with van der Waals surface area (Å²) >= 11 is 0. The van der Waals surface area contributed by atoms with E-state index in [0.29, 0.717) is 17.9 Å². The van der Waals surface area contributed by atoms with Gasteiger partial charge < -0.3 is 14.8 Å². The van der Waals surface area contributed by atoms with E-state index in [4.69, 9.17) is 4.74 Å². The Hall–Kier alpha value is -3.59. The number of hydrogen-bond acceptors (Lipinski definition) is 5. The minimum atomic E-state index is -0.531. The van der Waals surface area contributed by atoms with Crippen LogP contribution in [0.4, 0.5) is 5.69 Å². The lowest BCUT2D eigenvalue weighted by molar-refractivity contribution is -0.112. The molecule has 0 aliphatic rings. The molecule has 2 aromatic carbocycles. The molecule has 28 heavy (non-hydrogen) atoms. The molecule has 0 heterocycles. The van der Waals surface area contributed by atoms with E-state index in [9.17, 15) is 14.9 Å². The van der Waals surface area contributed by atoms with Crippen LogP contribution in [0.15, 0.2) is 54.1 Å². The van der Waals surface area contributed by atoms with Gasteiger partial charge in [-0.25, -0.2) is 4.79 Å². The van der Waals surface area contributed by atoms with E-state index < -0.39 is 11.9 Å². The van der Waals surface area contributed by atoms with Gasteiger partial charge in [-0.3, -0.25) is 4.79 Å². The molecule has 2 aromatic rings. The number of nitriles is 1. The molecule has 0 aromatic heterocycles. The number of esters is 1. The van der Waals surface area contributed by atoms with Crippen LogP contribution in [0.25, 0.3) is 6.08 Å². The van der Waals surface area contributed by atoms with Crippen molar-refractivity contribution < 1.29 is 19.1 Å². The minimum absolute atomic E-state index is 0.0308. The van der Waals surface area contributed by atoms with Gasteiger partial charge in [0, 0.05) is 5.69 Å². The lowest BCUT2D eigenvalue weighted by Gasteiger charge is -2.06. The molecule has 0 aliphatic carbocycles. The fraction of sp³-hybridized carbons (Fsp3) is 0.227. The summed E-state index contributed by atoms with van der Waals surface area (Å²) in [4.78, 5) is 23.8. The number of methoxy groups -OCH3 is 1. The topological polar surface area (TPSA) is 88.4 Å². The number of anilines is 1. The van der Waals surface area contributed by atoms with Crippen LogP contribution >= 0.6 is 0 Å². The molecule has 0 atom stereocenters. The zero-order valence-electron chi connectivity index (χ0n) is 15.9. The van der Waals surface area contributed by atoms with Crippen molar-refractivity contribution >= 4 is 23.6 Å². The Bertz CT molecular complexity index is 878. The van der Waals surface area contributed by atoms with Gasteiger partial charge >= 0.3 is 5.97 Å². The Morgan fingerprint density at radius 1 is 1.11 bits per heavy atom. The van der Waals surface area contributed by atoms with Crippen LogP contribution in [0.3, 0.4) is 0 Å². The van der Waals surface area contributed by atoms with Crippen molar-refractivity contribution in [1.82, 2.24) is 0 Å². The molecule has 2 rings (SSSR count). The third-order valence-corrected chi connectivity index (χ3v) is 3.89. The number of carbonyl (C=O) groups is 2. The Morgan fingerprint density at radius 3 is 2.36 bits per heavy atom. The second-order valence-electron chi connectivity index (χ2n) is 5.96. The van der Waals surface area contributed by atoms with Gasteiger partial charge in [-0.1, -0.05) is 25.5 Å². The summed E-state index contributed by atoms with van der Waals surface area (Å²) in [5.74, 6) is -0.242. The Labute approximate surface area is 164 Å². The quantitative estimate of drug-likeness (QED) is 0.322. The Balaban J connectivity index is 2.04. The third kappa shape index (κ3) is 5.99. The molecule has 1 amide bonds. The van der Waals surface area contributed by atoms with E-state index in [1.165, 1.54) is 25.3 Å². The molecule has 144 valence electrons. The van der Waals surface area contributed by atoms with Gasteiger partial charge in [0.1, 0.15) is 17.4 Å². The van der Waals surface area contributed by atoms with E-state index >= 15 is 0 Å². The van der Waals surface area contributed by atoms with Crippen molar-refractivity contribution in [1.29, 1.82) is 5.26 Å². The highest BCUT2D eigenvalue weighted by molar-refractivity contribution is 6.09. The smallest absolute Gasteiger partial charge is 0.337 e. The van der Waals surface area contributed by atoms with E-state index in [0.717, 1.165) is 24.2 Å². The number of nitrogens with one attached hydrogen (secondary N) is 1. The largest absolute Gasteiger partial charge is 0.494 e. The van der Waals surface area contributed by atoms with Gasteiger partial charge in [-0.2, -0.15) is 5.26 Å². The molecule has 0 saturated heterocycles. The fourth-order valence-electron chi connectivity index (χ4n) is 2.32. The maximum absolute atomic E-state index is 12.3. The molecule has 0 aliphatic heterocycles. The van der Waals surface area contributed by atoms with Gasteiger partial charge in [0.05, 0.1) is 19.3 Å². The van der Waals surface area contributed by atoms with E-state index in [-0.39, 0.29) is 5.57 Å². The maximum Gasteiger partial charge on any atom is 0.337 e. The van der Waals surface area contributed by atoms with Crippen molar-refractivity contribution in [3.63, 3.8) is 0 Å². The number of rotatable bonds is 8. The van der Waals surface area contributed by atoms with E-state index in [1.54, 1.807) is 36.4 Å². The van der Waals surface area contributed by atoms with Gasteiger partial charge in [0.25, 0.3) is 5.91 Å². The molecule has 0 fully saturated rings. The van der Waals surface area contributed by atoms with Crippen LogP contribution in [-0.4, -0.2) is 25.6 Å². The number of unbranched alkanes of at least 4 members (excludes halogenated alkanes) is 1. The van der Waals surface area contributed by atoms with Gasteiger partial charge in [-0.15, -0.1) is 0 Å². The van der Waals surface area contributed by atoms with Crippen LogP contribution in [0.2, 0.25) is 0 Å². The standard InChI is InChI=1S/C22H22N2O4/c1-3-4-13-28-20-11-5-16(6-12-20)14-18(15-23)21(25)24-19-9-7-17(8-10-19)22(26)27-2/h5-12,14H,3-4,13H2,1-2H3,(H,24,25)/b18-14+. The van der Waals surface area contributed by atoms with Gasteiger partial charge in [0.15, 0.2) is 0 Å². The van der Waals surface area contributed by atoms with Crippen molar-refractivity contribution in [3.8, 4) is 11.8 Å². The van der Waals surface area contributed by atoms with Crippen molar-refractivity contribution in [3.05, 3.63) is 65.2 Å². The SMILES string of the molecule is CCCCOc1ccc(/C=C(\C#N)C(=O)Nc2ccc(C(=O)OC)cc2)cc1. The Kier molecular flexibility index (Phi) is 7.79. The summed E-state index contributed by atoms with van der Waals surface area (Å²) in [7, 11) is 1.30. The molecular formula is C22H22N2O4. The van der Waals surface area contributed by atoms with Gasteiger partial charge in [0.2, 0.25) is 0 Å². The molecule has 0 spiro atoms. The lowest BCUT2D eigenvalue weighted by Crippen LogP contribution is -2.13. The van der Waals surface area contributed by atoms with Crippen LogP contribution in [-0.2, 0) is 9.53 Å². The number of nitrogens with zero attached hydrogens (tertiary/aromatic N) is 1. The monoisotopic (exact) mass is 378 g/mol. The minimum Gasteiger partial charge on any atom is -0.494 e. The second kappa shape index (κ2) is 10.5. The number of benzene rings is 2. The maximum atomic E-state index is 12.3. The molecule has 0 unspecified atom stereocenters. The van der Waals surface area contributed by atoms with Crippen LogP contribution in [0, 0.1) is 11.3 Å². The zero-order valence-corrected chi connectivity index (χ0v) is 15.9. The molecule has 0 saturated carbocycles. The second-order valence-corrected chi connectivity index (χ2v) is 5.96. The zero-order chi connectivity index (χ0) is 20.4. The van der Waals surface area contributed by atoms with E-state index in [2.05, 4.69) is 17.0 Å². The van der Waals surface area contributed by atoms with Crippen LogP contribution in [0.5, 0.6) is 5.75 Å². The third-order valence-electron chi connectivity index (χ3n) is 3.89. The predicted molar refractivity (Wildman–Crippen MR) is 107 cm³/mol. The number of ether oxygens (including phenoxy) is 2. The average molecular weight is 378 g/mol. The number of carbonyl (C=O) groups excluding carboxylic acids is 2. The van der Waals surface area contributed by atoms with Gasteiger partial charge in [-0.05, 0) is 54.5 Å². The lowest BCUT2D eigenvalue weighted by atomic mass is 10.1. The van der Waals surface area contributed by atoms with E-state index in [1.807, 2.05) is 6.07 Å². The van der Waals surface area contributed by atoms with Crippen molar-refractivity contribution in [2.24, 2.45) is 0 Å². The molecule has 0 bridgehead atoms. The molecule has 6 nitrogen and oxygen atoms in total. The summed E-state index contributed by atoms with van der Waals surface area (Å²) in [5, 5.41) is 12.0. The highest BCUT2D eigenvalue weighted by atomic mass is 16.5. The normalized spacial score (nSPS) is 10.7. The molecule has 6 heteroatoms. The first-order valence-electron chi connectivity index (χ1n) is 8.91. The fourth-order valence-corrected chi connectivity index (χ4v) is 2.32. The van der Waals surface area contributed by atoms with Crippen LogP contribution < -0.4 is 10.1 Å². The van der Waals surface area contributed by atoms with Crippen LogP contribution in [0.1, 0.15) is 35.7 Å². The molecular weight excluding hydrogens is 356 g/mol. The highest BCUT2D eigenvalue weighted by Crippen LogP contribution is 2.16. The summed E-state index contributed by atoms with van der Waals surface area (Å²) in [6.45, 7) is 2.76. The summed E-state index contributed by atoms with van der Waals surface area (Å²) in [5.41, 5.74) is 1.53. The summed E-state index contributed by atoms with van der Waals surface area (Å²) < 4.78 is 10.2. The summed E-state index contributed by atoms with van der Waals surface area (Å²) in [6, 6.07) is 15.3. The summed E-state index contributed by atoms with van der Waals surface area (Å²) in [6.07, 6.45) is 3.56. The molecule has 0 radical (unpaired) electrons.